The summed E-state index contributed by atoms with van der Waals surface area (Å²) >= 11 is 1.62. The van der Waals surface area contributed by atoms with Gasteiger partial charge in [0, 0.05) is 30.2 Å². The summed E-state index contributed by atoms with van der Waals surface area (Å²) in [6.45, 7) is 2.77. The molecule has 5 nitrogen and oxygen atoms in total. The second-order valence-electron chi connectivity index (χ2n) is 5.49. The van der Waals surface area contributed by atoms with Gasteiger partial charge in [-0.05, 0) is 30.2 Å². The second-order valence-corrected chi connectivity index (χ2v) is 6.66. The molecule has 1 amide bonds. The van der Waals surface area contributed by atoms with Gasteiger partial charge in [-0.1, -0.05) is 6.92 Å². The highest BCUT2D eigenvalue weighted by Gasteiger charge is 2.36. The van der Waals surface area contributed by atoms with Crippen molar-refractivity contribution >= 4 is 23.6 Å². The maximum absolute atomic E-state index is 12.1. The zero-order chi connectivity index (χ0) is 16.1. The molecule has 6 heteroatoms. The Kier molecular flexibility index (Phi) is 5.71. The molecule has 0 aromatic heterocycles. The number of benzene rings is 1. The molecule has 1 N–H and O–H groups in total. The van der Waals surface area contributed by atoms with Crippen LogP contribution in [0.3, 0.4) is 0 Å². The number of carboxylic acid groups (broad SMARTS) is 1. The molecule has 2 rings (SSSR count). The van der Waals surface area contributed by atoms with E-state index in [9.17, 15) is 9.59 Å². The molecule has 0 bridgehead atoms. The van der Waals surface area contributed by atoms with Crippen molar-refractivity contribution in [3.8, 4) is 5.75 Å². The summed E-state index contributed by atoms with van der Waals surface area (Å²) in [4.78, 5) is 26.0. The molecule has 1 saturated heterocycles. The average molecular weight is 323 g/mol. The molecule has 1 aromatic rings. The van der Waals surface area contributed by atoms with E-state index in [2.05, 4.69) is 0 Å². The van der Waals surface area contributed by atoms with Crippen LogP contribution in [0, 0.1) is 11.8 Å². The van der Waals surface area contributed by atoms with Gasteiger partial charge in [-0.25, -0.2) is 0 Å². The minimum absolute atomic E-state index is 0.0238. The number of carbonyl (C=O) groups is 2. The van der Waals surface area contributed by atoms with E-state index in [-0.39, 0.29) is 11.8 Å². The van der Waals surface area contributed by atoms with Crippen LogP contribution in [0.2, 0.25) is 0 Å². The summed E-state index contributed by atoms with van der Waals surface area (Å²) in [5.41, 5.74) is 0. The number of aliphatic carboxylic acids is 1. The fraction of sp³-hybridized carbons (Fsp3) is 0.500. The minimum atomic E-state index is -0.810. The predicted molar refractivity (Wildman–Crippen MR) is 85.2 cm³/mol. The van der Waals surface area contributed by atoms with Crippen LogP contribution in [-0.2, 0) is 9.59 Å². The Bertz CT molecular complexity index is 531. The fourth-order valence-electron chi connectivity index (χ4n) is 2.58. The monoisotopic (exact) mass is 323 g/mol. The lowest BCUT2D eigenvalue weighted by Crippen LogP contribution is -2.30. The molecule has 1 fully saturated rings. The van der Waals surface area contributed by atoms with Gasteiger partial charge < -0.3 is 14.7 Å². The van der Waals surface area contributed by atoms with Crippen molar-refractivity contribution in [3.05, 3.63) is 24.3 Å². The van der Waals surface area contributed by atoms with E-state index in [1.807, 2.05) is 31.2 Å². The third-order valence-electron chi connectivity index (χ3n) is 3.93. The van der Waals surface area contributed by atoms with Crippen molar-refractivity contribution < 1.29 is 19.4 Å². The Morgan fingerprint density at radius 3 is 2.55 bits per heavy atom. The summed E-state index contributed by atoms with van der Waals surface area (Å²) in [7, 11) is 1.63. The molecule has 0 aliphatic carbocycles. The van der Waals surface area contributed by atoms with Crippen molar-refractivity contribution in [1.82, 2.24) is 4.90 Å². The lowest BCUT2D eigenvalue weighted by atomic mass is 9.99. The van der Waals surface area contributed by atoms with E-state index in [4.69, 9.17) is 9.84 Å². The first kappa shape index (κ1) is 16.7. The van der Waals surface area contributed by atoms with Gasteiger partial charge in [0.15, 0.2) is 0 Å². The van der Waals surface area contributed by atoms with Gasteiger partial charge in [-0.15, -0.1) is 11.8 Å². The topological polar surface area (TPSA) is 66.8 Å². The van der Waals surface area contributed by atoms with Crippen molar-refractivity contribution in [1.29, 1.82) is 0 Å². The number of thioether (sulfide) groups is 1. The van der Waals surface area contributed by atoms with Gasteiger partial charge in [-0.3, -0.25) is 9.59 Å². The van der Waals surface area contributed by atoms with E-state index < -0.39 is 11.9 Å². The molecule has 22 heavy (non-hydrogen) atoms. The highest BCUT2D eigenvalue weighted by molar-refractivity contribution is 7.99. The van der Waals surface area contributed by atoms with Crippen molar-refractivity contribution in [2.75, 3.05) is 26.0 Å². The van der Waals surface area contributed by atoms with Gasteiger partial charge in [0.1, 0.15) is 5.75 Å². The maximum Gasteiger partial charge on any atom is 0.308 e. The molecule has 0 saturated carbocycles. The highest BCUT2D eigenvalue weighted by atomic mass is 32.2. The van der Waals surface area contributed by atoms with Crippen LogP contribution < -0.4 is 4.74 Å². The number of methoxy groups -OCH3 is 1. The second kappa shape index (κ2) is 7.54. The molecule has 1 heterocycles. The Morgan fingerprint density at radius 1 is 1.32 bits per heavy atom. The standard InChI is InChI=1S/C16H21NO4S/c1-11-9-17(10-14(11)16(19)20)15(18)7-8-22-13-5-3-12(21-2)4-6-13/h3-6,11,14H,7-10H2,1-2H3,(H,19,20)/t11-,14-/m1/s1. The normalized spacial score (nSPS) is 20.9. The van der Waals surface area contributed by atoms with Crippen LogP contribution in [0.15, 0.2) is 29.2 Å². The summed E-state index contributed by atoms with van der Waals surface area (Å²) in [5, 5.41) is 9.10. The van der Waals surface area contributed by atoms with Crippen LogP contribution in [0.25, 0.3) is 0 Å². The summed E-state index contributed by atoms with van der Waals surface area (Å²) < 4.78 is 5.10. The van der Waals surface area contributed by atoms with Crippen molar-refractivity contribution in [3.63, 3.8) is 0 Å². The van der Waals surface area contributed by atoms with Crippen LogP contribution in [0.4, 0.5) is 0 Å². The molecule has 1 aliphatic heterocycles. The third kappa shape index (κ3) is 4.16. The number of carbonyl (C=O) groups excluding carboxylic acids is 1. The number of hydrogen-bond donors (Lipinski definition) is 1. The molecular weight excluding hydrogens is 302 g/mol. The van der Waals surface area contributed by atoms with Crippen molar-refractivity contribution in [2.24, 2.45) is 11.8 Å². The number of nitrogens with zero attached hydrogens (tertiary/aromatic N) is 1. The Balaban J connectivity index is 1.77. The first-order valence-corrected chi connectivity index (χ1v) is 8.27. The summed E-state index contributed by atoms with van der Waals surface area (Å²) in [6, 6.07) is 7.71. The third-order valence-corrected chi connectivity index (χ3v) is 4.94. The van der Waals surface area contributed by atoms with E-state index in [1.165, 1.54) is 0 Å². The number of carboxylic acids is 1. The first-order chi connectivity index (χ1) is 10.5. The maximum atomic E-state index is 12.1. The molecule has 0 spiro atoms. The van der Waals surface area contributed by atoms with Crippen molar-refractivity contribution in [2.45, 2.75) is 18.2 Å². The van der Waals surface area contributed by atoms with E-state index in [0.717, 1.165) is 10.6 Å². The number of ether oxygens (including phenoxy) is 1. The smallest absolute Gasteiger partial charge is 0.308 e. The minimum Gasteiger partial charge on any atom is -0.497 e. The lowest BCUT2D eigenvalue weighted by molar-refractivity contribution is -0.142. The zero-order valence-corrected chi connectivity index (χ0v) is 13.6. The molecule has 120 valence electrons. The SMILES string of the molecule is COc1ccc(SCCC(=O)N2C[C@@H](C)[C@H](C(=O)O)C2)cc1. The number of likely N-dealkylation sites (tertiary alicyclic amines) is 1. The Hall–Kier alpha value is -1.69. The van der Waals surface area contributed by atoms with E-state index in [0.29, 0.717) is 25.3 Å². The molecular formula is C16H21NO4S. The van der Waals surface area contributed by atoms with E-state index in [1.54, 1.807) is 23.8 Å². The molecule has 0 unspecified atom stereocenters. The Labute approximate surface area is 134 Å². The quantitative estimate of drug-likeness (QED) is 0.814. The van der Waals surface area contributed by atoms with E-state index >= 15 is 0 Å². The number of amides is 1. The summed E-state index contributed by atoms with van der Waals surface area (Å²) in [6.07, 6.45) is 0.426. The molecule has 1 aliphatic rings. The van der Waals surface area contributed by atoms with Gasteiger partial charge in [0.25, 0.3) is 0 Å². The summed E-state index contributed by atoms with van der Waals surface area (Å²) in [5.74, 6) is 0.320. The molecule has 2 atom stereocenters. The average Bonchev–Trinajstić information content (AvgIpc) is 2.90. The molecule has 1 aromatic carbocycles. The van der Waals surface area contributed by atoms with Gasteiger partial charge >= 0.3 is 5.97 Å². The largest absolute Gasteiger partial charge is 0.497 e. The molecule has 0 radical (unpaired) electrons. The fourth-order valence-corrected chi connectivity index (χ4v) is 3.42. The Morgan fingerprint density at radius 2 is 2.00 bits per heavy atom. The van der Waals surface area contributed by atoms with Crippen LogP contribution in [0.1, 0.15) is 13.3 Å². The predicted octanol–water partition coefficient (Wildman–Crippen LogP) is 2.36. The number of rotatable bonds is 6. The van der Waals surface area contributed by atoms with Crippen LogP contribution in [-0.4, -0.2) is 47.8 Å². The van der Waals surface area contributed by atoms with Crippen LogP contribution in [0.5, 0.6) is 5.75 Å². The first-order valence-electron chi connectivity index (χ1n) is 7.28. The number of hydrogen-bond acceptors (Lipinski definition) is 4. The van der Waals surface area contributed by atoms with Gasteiger partial charge in [0.05, 0.1) is 13.0 Å². The van der Waals surface area contributed by atoms with Gasteiger partial charge in [-0.2, -0.15) is 0 Å². The zero-order valence-electron chi connectivity index (χ0n) is 12.8. The highest BCUT2D eigenvalue weighted by Crippen LogP contribution is 2.25. The van der Waals surface area contributed by atoms with Crippen LogP contribution >= 0.6 is 11.8 Å². The van der Waals surface area contributed by atoms with Gasteiger partial charge in [0.2, 0.25) is 5.91 Å². The lowest BCUT2D eigenvalue weighted by Gasteiger charge is -2.15.